The summed E-state index contributed by atoms with van der Waals surface area (Å²) in [7, 11) is 0. The van der Waals surface area contributed by atoms with Crippen molar-refractivity contribution in [1.29, 1.82) is 0 Å². The molecule has 0 unspecified atom stereocenters. The number of benzene rings is 1. The molecule has 118 valence electrons. The highest BCUT2D eigenvalue weighted by Gasteiger charge is 2.16. The molecule has 6 nitrogen and oxygen atoms in total. The molecular weight excluding hydrogens is 314 g/mol. The van der Waals surface area contributed by atoms with Gasteiger partial charge in [0.2, 0.25) is 12.7 Å². The minimum absolute atomic E-state index is 0.126. The number of rotatable bonds is 5. The molecule has 3 aromatic rings. The molecule has 0 aliphatic carbocycles. The normalized spacial score (nSPS) is 14.1. The van der Waals surface area contributed by atoms with Crippen LogP contribution in [0, 0.1) is 0 Å². The van der Waals surface area contributed by atoms with Crippen molar-refractivity contribution >= 4 is 11.3 Å². The van der Waals surface area contributed by atoms with Gasteiger partial charge in [0.05, 0.1) is 11.4 Å². The van der Waals surface area contributed by atoms with E-state index in [9.17, 15) is 0 Å². The fourth-order valence-corrected chi connectivity index (χ4v) is 3.01. The fourth-order valence-electron chi connectivity index (χ4n) is 2.37. The van der Waals surface area contributed by atoms with Gasteiger partial charge in [-0.3, -0.25) is 0 Å². The zero-order valence-corrected chi connectivity index (χ0v) is 13.3. The first kappa shape index (κ1) is 14.2. The van der Waals surface area contributed by atoms with Crippen LogP contribution in [0.5, 0.6) is 11.5 Å². The molecule has 0 saturated carbocycles. The van der Waals surface area contributed by atoms with Crippen LogP contribution >= 0.6 is 11.3 Å². The van der Waals surface area contributed by atoms with E-state index in [1.165, 1.54) is 0 Å². The summed E-state index contributed by atoms with van der Waals surface area (Å²) >= 11 is 1.58. The molecule has 4 rings (SSSR count). The summed E-state index contributed by atoms with van der Waals surface area (Å²) in [4.78, 5) is 0.979. The molecule has 0 fully saturated rings. The van der Waals surface area contributed by atoms with Gasteiger partial charge in [-0.15, -0.1) is 21.5 Å². The van der Waals surface area contributed by atoms with Crippen LogP contribution in [0.2, 0.25) is 0 Å². The predicted octanol–water partition coefficient (Wildman–Crippen LogP) is 3.38. The monoisotopic (exact) mass is 329 g/mol. The van der Waals surface area contributed by atoms with Gasteiger partial charge >= 0.3 is 0 Å². The summed E-state index contributed by atoms with van der Waals surface area (Å²) in [6.07, 6.45) is 0. The van der Waals surface area contributed by atoms with Crippen molar-refractivity contribution in [3.05, 3.63) is 47.2 Å². The van der Waals surface area contributed by atoms with Crippen LogP contribution in [0.4, 0.5) is 0 Å². The maximum atomic E-state index is 5.67. The van der Waals surface area contributed by atoms with Crippen molar-refractivity contribution in [2.45, 2.75) is 19.5 Å². The molecular formula is C16H15N3O3S. The Bertz CT molecular complexity index is 801. The van der Waals surface area contributed by atoms with Crippen molar-refractivity contribution < 1.29 is 13.9 Å². The molecule has 0 saturated heterocycles. The summed E-state index contributed by atoms with van der Waals surface area (Å²) < 4.78 is 16.4. The third kappa shape index (κ3) is 2.93. The Kier molecular flexibility index (Phi) is 3.72. The molecule has 0 bridgehead atoms. The van der Waals surface area contributed by atoms with Gasteiger partial charge in [-0.2, -0.15) is 0 Å². The van der Waals surface area contributed by atoms with E-state index in [0.29, 0.717) is 18.3 Å². The first-order valence-electron chi connectivity index (χ1n) is 7.29. The number of nitrogens with zero attached hydrogens (tertiary/aromatic N) is 2. The van der Waals surface area contributed by atoms with Gasteiger partial charge in [0.1, 0.15) is 0 Å². The molecule has 0 amide bonds. The maximum absolute atomic E-state index is 5.67. The number of hydrogen-bond acceptors (Lipinski definition) is 7. The fraction of sp³-hybridized carbons (Fsp3) is 0.250. The van der Waals surface area contributed by atoms with E-state index in [4.69, 9.17) is 13.9 Å². The lowest BCUT2D eigenvalue weighted by molar-refractivity contribution is 0.174. The van der Waals surface area contributed by atoms with E-state index in [-0.39, 0.29) is 12.8 Å². The number of ether oxygens (including phenoxy) is 2. The number of nitrogens with one attached hydrogen (secondary N) is 1. The molecule has 2 aromatic heterocycles. The highest BCUT2D eigenvalue weighted by Crippen LogP contribution is 2.34. The largest absolute Gasteiger partial charge is 0.454 e. The number of hydrogen-bond donors (Lipinski definition) is 1. The highest BCUT2D eigenvalue weighted by atomic mass is 32.1. The van der Waals surface area contributed by atoms with Gasteiger partial charge in [0.15, 0.2) is 11.5 Å². The van der Waals surface area contributed by atoms with Gasteiger partial charge in [0.25, 0.3) is 5.89 Å². The zero-order chi connectivity index (χ0) is 15.6. The zero-order valence-electron chi connectivity index (χ0n) is 12.5. The molecule has 1 aliphatic rings. The second-order valence-electron chi connectivity index (χ2n) is 5.19. The summed E-state index contributed by atoms with van der Waals surface area (Å²) in [5.74, 6) is 2.71. The Balaban J connectivity index is 1.41. The lowest BCUT2D eigenvalue weighted by Crippen LogP contribution is -2.18. The lowest BCUT2D eigenvalue weighted by Gasteiger charge is -2.13. The molecule has 0 spiro atoms. The average Bonchev–Trinajstić information content (AvgIpc) is 3.32. The van der Waals surface area contributed by atoms with Gasteiger partial charge < -0.3 is 19.2 Å². The first-order valence-corrected chi connectivity index (χ1v) is 8.17. The van der Waals surface area contributed by atoms with Crippen molar-refractivity contribution in [3.8, 4) is 22.3 Å². The van der Waals surface area contributed by atoms with Crippen LogP contribution in [0.1, 0.15) is 24.4 Å². The van der Waals surface area contributed by atoms with Crippen LogP contribution in [-0.2, 0) is 6.54 Å². The maximum Gasteiger partial charge on any atom is 0.257 e. The quantitative estimate of drug-likeness (QED) is 0.774. The predicted molar refractivity (Wildman–Crippen MR) is 85.4 cm³/mol. The summed E-state index contributed by atoms with van der Waals surface area (Å²) in [6, 6.07) is 9.99. The van der Waals surface area contributed by atoms with Crippen molar-refractivity contribution in [2.24, 2.45) is 0 Å². The molecule has 23 heavy (non-hydrogen) atoms. The molecule has 7 heteroatoms. The smallest absolute Gasteiger partial charge is 0.257 e. The topological polar surface area (TPSA) is 69.4 Å². The van der Waals surface area contributed by atoms with Crippen molar-refractivity contribution in [3.63, 3.8) is 0 Å². The van der Waals surface area contributed by atoms with Gasteiger partial charge in [0, 0.05) is 6.04 Å². The van der Waals surface area contributed by atoms with Crippen LogP contribution in [0.15, 0.2) is 40.1 Å². The number of fused-ring (bicyclic) bond motifs is 1. The second kappa shape index (κ2) is 6.02. The molecule has 3 heterocycles. The molecule has 0 radical (unpaired) electrons. The third-order valence-electron chi connectivity index (χ3n) is 3.65. The molecule has 1 atom stereocenters. The Morgan fingerprint density at radius 3 is 3.00 bits per heavy atom. The number of thiophene rings is 1. The Labute approximate surface area is 137 Å². The average molecular weight is 329 g/mol. The van der Waals surface area contributed by atoms with E-state index >= 15 is 0 Å². The summed E-state index contributed by atoms with van der Waals surface area (Å²) in [5, 5.41) is 13.5. The van der Waals surface area contributed by atoms with Crippen LogP contribution in [0.3, 0.4) is 0 Å². The number of aromatic nitrogens is 2. The van der Waals surface area contributed by atoms with E-state index in [2.05, 4.69) is 22.4 Å². The Morgan fingerprint density at radius 2 is 2.13 bits per heavy atom. The third-order valence-corrected chi connectivity index (χ3v) is 4.51. The van der Waals surface area contributed by atoms with Crippen molar-refractivity contribution in [1.82, 2.24) is 15.5 Å². The second-order valence-corrected chi connectivity index (χ2v) is 6.14. The summed E-state index contributed by atoms with van der Waals surface area (Å²) in [5.41, 5.74) is 1.12. The van der Waals surface area contributed by atoms with Gasteiger partial charge in [-0.25, -0.2) is 0 Å². The van der Waals surface area contributed by atoms with E-state index in [1.807, 2.05) is 35.7 Å². The van der Waals surface area contributed by atoms with Gasteiger partial charge in [-0.05, 0) is 36.1 Å². The SMILES string of the molecule is C[C@@H](NCc1nnc(-c2cccs2)o1)c1ccc2c(c1)OCO2. The van der Waals surface area contributed by atoms with Crippen LogP contribution in [0.25, 0.3) is 10.8 Å². The molecule has 1 aromatic carbocycles. The standard InChI is InChI=1S/C16H15N3O3S/c1-10(11-4-5-12-13(7-11)21-9-20-12)17-8-15-18-19-16(22-15)14-3-2-6-23-14/h2-7,10,17H,8-9H2,1H3/t10-/m1/s1. The Morgan fingerprint density at radius 1 is 1.22 bits per heavy atom. The van der Waals surface area contributed by atoms with Crippen molar-refractivity contribution in [2.75, 3.05) is 6.79 Å². The first-order chi connectivity index (χ1) is 11.3. The van der Waals surface area contributed by atoms with Crippen LogP contribution in [-0.4, -0.2) is 17.0 Å². The van der Waals surface area contributed by atoms with Crippen LogP contribution < -0.4 is 14.8 Å². The van der Waals surface area contributed by atoms with E-state index < -0.39 is 0 Å². The highest BCUT2D eigenvalue weighted by molar-refractivity contribution is 7.13. The molecule has 1 aliphatic heterocycles. The molecule has 1 N–H and O–H groups in total. The van der Waals surface area contributed by atoms with E-state index in [0.717, 1.165) is 21.9 Å². The summed E-state index contributed by atoms with van der Waals surface area (Å²) in [6.45, 7) is 2.87. The Hall–Kier alpha value is -2.38. The minimum atomic E-state index is 0.126. The minimum Gasteiger partial charge on any atom is -0.454 e. The lowest BCUT2D eigenvalue weighted by atomic mass is 10.1. The van der Waals surface area contributed by atoms with E-state index in [1.54, 1.807) is 11.3 Å². The van der Waals surface area contributed by atoms with Gasteiger partial charge in [-0.1, -0.05) is 12.1 Å².